The Morgan fingerprint density at radius 3 is 0.550 bits per heavy atom. The van der Waals surface area contributed by atoms with Gasteiger partial charge in [0.15, 0.2) is 0 Å². The van der Waals surface area contributed by atoms with E-state index in [0.29, 0.717) is 0 Å². The minimum absolute atomic E-state index is 0. The molecule has 0 spiro atoms. The predicted molar refractivity (Wildman–Crippen MR) is 175 cm³/mol. The van der Waals surface area contributed by atoms with Crippen LogP contribution in [0.4, 0.5) is 0 Å². The fourth-order valence-corrected chi connectivity index (χ4v) is 115. The first kappa shape index (κ1) is 29.8. The summed E-state index contributed by atoms with van der Waals surface area (Å²) >= 11 is -7.32. The monoisotopic (exact) mass is 756 g/mol. The van der Waals surface area contributed by atoms with Gasteiger partial charge in [-0.3, -0.25) is 0 Å². The van der Waals surface area contributed by atoms with Crippen LogP contribution in [-0.2, 0) is 0 Å². The van der Waals surface area contributed by atoms with Gasteiger partial charge in [-0.05, 0) is 0 Å². The van der Waals surface area contributed by atoms with E-state index in [2.05, 4.69) is 182 Å². The molecular weight excluding hydrogens is 724 g/mol. The van der Waals surface area contributed by atoms with Crippen LogP contribution in [0.15, 0.2) is 182 Å². The van der Waals surface area contributed by atoms with Gasteiger partial charge in [0, 0.05) is 0 Å². The van der Waals surface area contributed by atoms with Crippen molar-refractivity contribution in [3.8, 4) is 0 Å². The molecular formula is C36H30NaPSn2. The van der Waals surface area contributed by atoms with Crippen LogP contribution < -0.4 is 51.0 Å². The zero-order chi connectivity index (χ0) is 26.4. The molecule has 0 N–H and O–H groups in total. The summed E-state index contributed by atoms with van der Waals surface area (Å²) in [5, 5.41) is 0. The second-order valence-electron chi connectivity index (χ2n) is 9.73. The van der Waals surface area contributed by atoms with Crippen molar-refractivity contribution in [1.29, 1.82) is 0 Å². The molecule has 0 bridgehead atoms. The Morgan fingerprint density at radius 2 is 0.400 bits per heavy atom. The summed E-state index contributed by atoms with van der Waals surface area (Å²) in [5.41, 5.74) is 0. The van der Waals surface area contributed by atoms with Crippen molar-refractivity contribution in [3.05, 3.63) is 182 Å². The van der Waals surface area contributed by atoms with Crippen molar-refractivity contribution >= 4 is 61.0 Å². The van der Waals surface area contributed by atoms with Gasteiger partial charge in [-0.2, -0.15) is 0 Å². The Labute approximate surface area is 269 Å². The molecule has 188 valence electrons. The Balaban J connectivity index is 0.00000323. The first-order chi connectivity index (χ1) is 19.3. The second kappa shape index (κ2) is 14.0. The molecule has 0 aromatic heterocycles. The molecule has 4 heteroatoms. The quantitative estimate of drug-likeness (QED) is 0.166. The third kappa shape index (κ3) is 5.82. The van der Waals surface area contributed by atoms with Crippen LogP contribution in [0.25, 0.3) is 0 Å². The van der Waals surface area contributed by atoms with Crippen molar-refractivity contribution < 1.29 is 29.6 Å². The van der Waals surface area contributed by atoms with E-state index in [4.69, 9.17) is 0 Å². The van der Waals surface area contributed by atoms with E-state index >= 15 is 0 Å². The maximum atomic E-state index is 2.42. The van der Waals surface area contributed by atoms with Gasteiger partial charge in [-0.25, -0.2) is 0 Å². The fraction of sp³-hybridized carbons (Fsp3) is 0. The van der Waals surface area contributed by atoms with Crippen LogP contribution in [0.5, 0.6) is 0 Å². The van der Waals surface area contributed by atoms with Gasteiger partial charge in [-0.15, -0.1) is 0 Å². The molecule has 40 heavy (non-hydrogen) atoms. The van der Waals surface area contributed by atoms with E-state index in [1.807, 2.05) is 0 Å². The van der Waals surface area contributed by atoms with Gasteiger partial charge in [0.25, 0.3) is 0 Å². The van der Waals surface area contributed by atoms with E-state index in [1.54, 1.807) is 3.89 Å². The Bertz CT molecular complexity index is 1280. The van der Waals surface area contributed by atoms with Crippen molar-refractivity contribution in [2.24, 2.45) is 0 Å². The van der Waals surface area contributed by atoms with Crippen LogP contribution >= 0.6 is 3.89 Å². The molecule has 0 aliphatic heterocycles. The Kier molecular flexibility index (Phi) is 10.4. The molecule has 0 fully saturated rings. The molecule has 0 radical (unpaired) electrons. The van der Waals surface area contributed by atoms with Gasteiger partial charge in [0.2, 0.25) is 0 Å². The molecule has 0 amide bonds. The van der Waals surface area contributed by atoms with Gasteiger partial charge in [0.1, 0.15) is 0 Å². The van der Waals surface area contributed by atoms with E-state index < -0.39 is 35.7 Å². The number of hydrogen-bond acceptors (Lipinski definition) is 0. The van der Waals surface area contributed by atoms with Crippen molar-refractivity contribution in [2.75, 3.05) is 0 Å². The minimum atomic E-state index is -3.66. The maximum absolute atomic E-state index is 3.66. The van der Waals surface area contributed by atoms with Gasteiger partial charge >= 0.3 is 273 Å². The fourth-order valence-electron chi connectivity index (χ4n) is 5.71. The first-order valence-corrected chi connectivity index (χ1v) is 30.5. The van der Waals surface area contributed by atoms with Crippen LogP contribution in [0.1, 0.15) is 0 Å². The number of hydrogen-bond donors (Lipinski definition) is 0. The van der Waals surface area contributed by atoms with E-state index in [9.17, 15) is 0 Å². The van der Waals surface area contributed by atoms with E-state index in [1.165, 1.54) is 21.5 Å². The average Bonchev–Trinajstić information content (AvgIpc) is 3.04. The summed E-state index contributed by atoms with van der Waals surface area (Å²) in [5.74, 6) is 0. The number of benzene rings is 6. The molecule has 0 nitrogen and oxygen atoms in total. The van der Waals surface area contributed by atoms with Crippen molar-refractivity contribution in [1.82, 2.24) is 0 Å². The first-order valence-electron chi connectivity index (χ1n) is 13.4. The molecule has 6 aromatic carbocycles. The summed E-state index contributed by atoms with van der Waals surface area (Å²) < 4.78 is 10.9. The third-order valence-electron chi connectivity index (χ3n) is 7.48. The standard InChI is InChI=1S/6C6H5.Na.P.2Sn/c6*1-2-4-6-5-3-1;;;;/h6*1-5H;;;;/q;;;;;;+1;-1;;. The second-order valence-corrected chi connectivity index (χ2v) is 51.7. The van der Waals surface area contributed by atoms with Gasteiger partial charge in [-0.1, -0.05) is 0 Å². The number of rotatable bonds is 8. The molecule has 0 aliphatic carbocycles. The van der Waals surface area contributed by atoms with Crippen LogP contribution in [0.3, 0.4) is 0 Å². The van der Waals surface area contributed by atoms with E-state index in [0.717, 1.165) is 0 Å². The molecule has 6 aromatic rings. The average molecular weight is 754 g/mol. The van der Waals surface area contributed by atoms with Crippen molar-refractivity contribution in [2.45, 2.75) is 0 Å². The summed E-state index contributed by atoms with van der Waals surface area (Å²) in [7, 11) is 0. The Hall–Kier alpha value is -1.65. The third-order valence-corrected chi connectivity index (χ3v) is 82.8. The summed E-state index contributed by atoms with van der Waals surface area (Å²) in [6, 6.07) is 68.9. The summed E-state index contributed by atoms with van der Waals surface area (Å²) in [4.78, 5) is 0. The summed E-state index contributed by atoms with van der Waals surface area (Å²) in [6.45, 7) is 0. The molecule has 6 rings (SSSR count). The molecule has 0 heterocycles. The Morgan fingerprint density at radius 1 is 0.250 bits per heavy atom. The summed E-state index contributed by atoms with van der Waals surface area (Å²) in [6.07, 6.45) is 0. The van der Waals surface area contributed by atoms with Gasteiger partial charge in [0.05, 0.1) is 0 Å². The topological polar surface area (TPSA) is 0 Å². The molecule has 0 saturated heterocycles. The molecule has 0 unspecified atom stereocenters. The molecule has 0 atom stereocenters. The predicted octanol–water partition coefficient (Wildman–Crippen LogP) is 2.27. The zero-order valence-electron chi connectivity index (χ0n) is 22.8. The molecule has 0 aliphatic rings. The SMILES string of the molecule is [Na+].c1cc[c]([Sn]([P-][Sn]([c]2ccccc2)([c]2ccccc2)[c]2ccccc2)([c]2ccccc2)[c]2ccccc2)cc1. The van der Waals surface area contributed by atoms with Crippen molar-refractivity contribution in [3.63, 3.8) is 0 Å². The molecule has 0 saturated carbocycles. The van der Waals surface area contributed by atoms with Gasteiger partial charge < -0.3 is 0 Å². The zero-order valence-corrected chi connectivity index (χ0v) is 31.4. The van der Waals surface area contributed by atoms with E-state index in [-0.39, 0.29) is 29.6 Å². The normalized spacial score (nSPS) is 11.4. The van der Waals surface area contributed by atoms with Crippen LogP contribution in [-0.4, -0.2) is 35.7 Å². The van der Waals surface area contributed by atoms with Crippen LogP contribution in [0.2, 0.25) is 0 Å². The van der Waals surface area contributed by atoms with Crippen LogP contribution in [0, 0.1) is 0 Å².